The molecule has 0 bridgehead atoms. The SMILES string of the molecule is Cc1cc(OC(C)C(=S)NC(C)(C)C=NOCC(C)C)cc2cc(Br)cnc12. The van der Waals surface area contributed by atoms with E-state index in [1.807, 2.05) is 45.9 Å². The van der Waals surface area contributed by atoms with Gasteiger partial charge in [0.25, 0.3) is 0 Å². The van der Waals surface area contributed by atoms with Crippen molar-refractivity contribution in [2.45, 2.75) is 53.2 Å². The van der Waals surface area contributed by atoms with Crippen molar-refractivity contribution >= 4 is 50.3 Å². The summed E-state index contributed by atoms with van der Waals surface area (Å²) in [7, 11) is 0. The number of thiocarbonyl (C=S) groups is 1. The summed E-state index contributed by atoms with van der Waals surface area (Å²) in [4.78, 5) is 10.3. The first-order valence-electron chi connectivity index (χ1n) is 9.28. The van der Waals surface area contributed by atoms with Gasteiger partial charge in [-0.15, -0.1) is 0 Å². The molecule has 0 fully saturated rings. The number of rotatable bonds is 8. The van der Waals surface area contributed by atoms with Gasteiger partial charge in [0, 0.05) is 16.1 Å². The van der Waals surface area contributed by atoms with Crippen molar-refractivity contribution in [2.75, 3.05) is 6.61 Å². The maximum absolute atomic E-state index is 6.09. The fraction of sp³-hybridized carbons (Fsp3) is 0.476. The number of aryl methyl sites for hydroxylation is 1. The number of pyridine rings is 1. The molecule has 1 atom stereocenters. The Bertz CT molecular complexity index is 868. The van der Waals surface area contributed by atoms with Crippen LogP contribution in [0.1, 0.15) is 40.2 Å². The summed E-state index contributed by atoms with van der Waals surface area (Å²) in [6, 6.07) is 5.99. The first kappa shape index (κ1) is 22.6. The number of hydrogen-bond donors (Lipinski definition) is 1. The maximum atomic E-state index is 6.09. The van der Waals surface area contributed by atoms with E-state index < -0.39 is 5.54 Å². The molecule has 0 aliphatic rings. The molecule has 0 radical (unpaired) electrons. The van der Waals surface area contributed by atoms with Crippen LogP contribution in [-0.2, 0) is 4.84 Å². The first-order chi connectivity index (χ1) is 13.1. The van der Waals surface area contributed by atoms with Crippen molar-refractivity contribution in [1.82, 2.24) is 10.3 Å². The van der Waals surface area contributed by atoms with Gasteiger partial charge >= 0.3 is 0 Å². The lowest BCUT2D eigenvalue weighted by Gasteiger charge is -2.26. The molecule has 2 rings (SSSR count). The Kier molecular flexibility index (Phi) is 7.78. The Balaban J connectivity index is 2.02. The van der Waals surface area contributed by atoms with E-state index >= 15 is 0 Å². The van der Waals surface area contributed by atoms with Gasteiger partial charge in [-0.1, -0.05) is 31.2 Å². The van der Waals surface area contributed by atoms with E-state index in [0.717, 1.165) is 26.7 Å². The monoisotopic (exact) mass is 465 g/mol. The predicted molar refractivity (Wildman–Crippen MR) is 123 cm³/mol. The van der Waals surface area contributed by atoms with Crippen LogP contribution in [0.15, 0.2) is 34.0 Å². The first-order valence-corrected chi connectivity index (χ1v) is 10.5. The van der Waals surface area contributed by atoms with Crippen LogP contribution in [0.4, 0.5) is 0 Å². The van der Waals surface area contributed by atoms with Crippen LogP contribution >= 0.6 is 28.1 Å². The molecule has 1 aromatic heterocycles. The van der Waals surface area contributed by atoms with E-state index in [4.69, 9.17) is 21.8 Å². The third-order valence-corrected chi connectivity index (χ3v) is 4.77. The summed E-state index contributed by atoms with van der Waals surface area (Å²) >= 11 is 9.00. The highest BCUT2D eigenvalue weighted by Gasteiger charge is 2.21. The smallest absolute Gasteiger partial charge is 0.146 e. The molecule has 7 heteroatoms. The third-order valence-electron chi connectivity index (χ3n) is 3.90. The van der Waals surface area contributed by atoms with E-state index in [2.05, 4.69) is 45.2 Å². The van der Waals surface area contributed by atoms with Crippen LogP contribution in [0, 0.1) is 12.8 Å². The fourth-order valence-corrected chi connectivity index (χ4v) is 3.17. The Labute approximate surface area is 181 Å². The van der Waals surface area contributed by atoms with Crippen molar-refractivity contribution < 1.29 is 9.57 Å². The summed E-state index contributed by atoms with van der Waals surface area (Å²) in [5.74, 6) is 1.19. The second-order valence-corrected chi connectivity index (χ2v) is 9.22. The Morgan fingerprint density at radius 3 is 2.71 bits per heavy atom. The van der Waals surface area contributed by atoms with Crippen LogP contribution in [0.5, 0.6) is 5.75 Å². The molecule has 5 nitrogen and oxygen atoms in total. The standard InChI is InChI=1S/C21H28BrN3O2S/c1-13(2)11-26-24-12-21(5,6)25-20(28)15(4)27-18-7-14(3)19-16(9-18)8-17(22)10-23-19/h7-10,12-13,15H,11H2,1-6H3,(H,25,28). The number of oxime groups is 1. The van der Waals surface area contributed by atoms with Crippen molar-refractivity contribution in [3.63, 3.8) is 0 Å². The zero-order valence-electron chi connectivity index (χ0n) is 17.2. The molecule has 0 saturated heterocycles. The molecule has 0 amide bonds. The molecule has 1 unspecified atom stereocenters. The highest BCUT2D eigenvalue weighted by molar-refractivity contribution is 9.10. The highest BCUT2D eigenvalue weighted by Crippen LogP contribution is 2.26. The minimum Gasteiger partial charge on any atom is -0.484 e. The van der Waals surface area contributed by atoms with Crippen LogP contribution in [0.3, 0.4) is 0 Å². The van der Waals surface area contributed by atoms with Gasteiger partial charge in [0.15, 0.2) is 0 Å². The number of aromatic nitrogens is 1. The van der Waals surface area contributed by atoms with Crippen molar-refractivity contribution in [1.29, 1.82) is 0 Å². The number of fused-ring (bicyclic) bond motifs is 1. The van der Waals surface area contributed by atoms with Gasteiger partial charge in [-0.25, -0.2) is 0 Å². The average molecular weight is 466 g/mol. The molecule has 0 aliphatic carbocycles. The molecule has 152 valence electrons. The van der Waals surface area contributed by atoms with Crippen LogP contribution < -0.4 is 10.1 Å². The average Bonchev–Trinajstić information content (AvgIpc) is 2.57. The minimum atomic E-state index is -0.445. The highest BCUT2D eigenvalue weighted by atomic mass is 79.9. The molecule has 28 heavy (non-hydrogen) atoms. The number of halogens is 1. The lowest BCUT2D eigenvalue weighted by atomic mass is 10.1. The molecule has 0 saturated carbocycles. The van der Waals surface area contributed by atoms with E-state index in [0.29, 0.717) is 17.5 Å². The van der Waals surface area contributed by atoms with Gasteiger partial charge in [-0.2, -0.15) is 0 Å². The van der Waals surface area contributed by atoms with Gasteiger partial charge < -0.3 is 14.9 Å². The molecular weight excluding hydrogens is 438 g/mol. The summed E-state index contributed by atoms with van der Waals surface area (Å²) in [5, 5.41) is 8.34. The number of benzene rings is 1. The summed E-state index contributed by atoms with van der Waals surface area (Å²) in [6.07, 6.45) is 3.22. The lowest BCUT2D eigenvalue weighted by molar-refractivity contribution is 0.118. The normalized spacial score (nSPS) is 13.1. The number of nitrogens with zero attached hydrogens (tertiary/aromatic N) is 2. The topological polar surface area (TPSA) is 55.7 Å². The van der Waals surface area contributed by atoms with E-state index in [-0.39, 0.29) is 6.10 Å². The molecule has 0 spiro atoms. The summed E-state index contributed by atoms with van der Waals surface area (Å²) in [6.45, 7) is 12.7. The third kappa shape index (κ3) is 6.71. The molecule has 1 heterocycles. The summed E-state index contributed by atoms with van der Waals surface area (Å²) in [5.41, 5.74) is 1.57. The van der Waals surface area contributed by atoms with Crippen LogP contribution in [0.25, 0.3) is 10.9 Å². The predicted octanol–water partition coefficient (Wildman–Crippen LogP) is 5.43. The van der Waals surface area contributed by atoms with E-state index in [9.17, 15) is 0 Å². The molecule has 2 aromatic rings. The Hall–Kier alpha value is -1.73. The van der Waals surface area contributed by atoms with Gasteiger partial charge in [-0.05, 0) is 73.3 Å². The maximum Gasteiger partial charge on any atom is 0.146 e. The molecular formula is C21H28BrN3O2S. The Morgan fingerprint density at radius 1 is 1.32 bits per heavy atom. The van der Waals surface area contributed by atoms with Crippen molar-refractivity contribution in [3.8, 4) is 5.75 Å². The summed E-state index contributed by atoms with van der Waals surface area (Å²) < 4.78 is 7.02. The number of ether oxygens (including phenoxy) is 1. The zero-order chi connectivity index (χ0) is 20.9. The molecule has 1 N–H and O–H groups in total. The fourth-order valence-electron chi connectivity index (χ4n) is 2.51. The Morgan fingerprint density at radius 2 is 2.04 bits per heavy atom. The van der Waals surface area contributed by atoms with E-state index in [1.165, 1.54) is 0 Å². The van der Waals surface area contributed by atoms with Gasteiger partial charge in [0.2, 0.25) is 0 Å². The van der Waals surface area contributed by atoms with Crippen molar-refractivity contribution in [3.05, 3.63) is 34.4 Å². The molecule has 0 aliphatic heterocycles. The van der Waals surface area contributed by atoms with Crippen molar-refractivity contribution in [2.24, 2.45) is 11.1 Å². The molecule has 1 aromatic carbocycles. The van der Waals surface area contributed by atoms with Crippen LogP contribution in [0.2, 0.25) is 0 Å². The van der Waals surface area contributed by atoms with Crippen LogP contribution in [-0.4, -0.2) is 34.4 Å². The zero-order valence-corrected chi connectivity index (χ0v) is 19.6. The van der Waals surface area contributed by atoms with Gasteiger partial charge in [0.1, 0.15) is 23.4 Å². The largest absolute Gasteiger partial charge is 0.484 e. The second kappa shape index (κ2) is 9.65. The van der Waals surface area contributed by atoms with E-state index in [1.54, 1.807) is 12.4 Å². The van der Waals surface area contributed by atoms with Gasteiger partial charge in [-0.3, -0.25) is 4.98 Å². The number of nitrogens with one attached hydrogen (secondary N) is 1. The quantitative estimate of drug-likeness (QED) is 0.320. The minimum absolute atomic E-state index is 0.295. The second-order valence-electron chi connectivity index (χ2n) is 7.86. The lowest BCUT2D eigenvalue weighted by Crippen LogP contribution is -2.48. The number of hydrogen-bond acceptors (Lipinski definition) is 5. The van der Waals surface area contributed by atoms with Gasteiger partial charge in [0.05, 0.1) is 17.3 Å².